The van der Waals surface area contributed by atoms with Gasteiger partial charge in [0.25, 0.3) is 0 Å². The molecule has 2 atom stereocenters. The fourth-order valence-corrected chi connectivity index (χ4v) is 9.15. The Bertz CT molecular complexity index is 2100. The van der Waals surface area contributed by atoms with Crippen molar-refractivity contribution in [2.45, 2.75) is 37.8 Å². The number of ether oxygens (including phenoxy) is 6. The first-order valence-electron chi connectivity index (χ1n) is 16.7. The van der Waals surface area contributed by atoms with E-state index in [1.165, 1.54) is 21.8 Å². The molecule has 0 aliphatic carbocycles. The van der Waals surface area contributed by atoms with E-state index in [1.54, 1.807) is 34.5 Å². The minimum atomic E-state index is -3.79. The summed E-state index contributed by atoms with van der Waals surface area (Å²) in [5.41, 5.74) is 6.67. The van der Waals surface area contributed by atoms with Gasteiger partial charge in [-0.25, -0.2) is 8.42 Å². The standard InChI is InChI=1S/C38H41N3O8S/c1-39-13-11-23-17-31(44-2)34-20-27(23)29(39)15-22-7-9-26(10-8-22)48-33-19-25-16-30-36-24(18-35(46-4)37(47-5)38(36)49-34)12-14-40(30)41(50(6,42)43)28(25)21-32(33)45-3/h7-10,17-21,29-30H,11-16H2,1-6H3/t29-,30-/m0/s1. The van der Waals surface area contributed by atoms with Crippen LogP contribution in [-0.2, 0) is 35.7 Å². The van der Waals surface area contributed by atoms with E-state index in [-0.39, 0.29) is 6.04 Å². The molecule has 0 N–H and O–H groups in total. The summed E-state index contributed by atoms with van der Waals surface area (Å²) in [6, 6.07) is 17.6. The number of rotatable bonds is 5. The van der Waals surface area contributed by atoms with Crippen LogP contribution in [0.4, 0.5) is 5.69 Å². The number of hydrogen-bond acceptors (Lipinski definition) is 10. The molecule has 262 valence electrons. The summed E-state index contributed by atoms with van der Waals surface area (Å²) in [6.45, 7) is 1.36. The maximum absolute atomic E-state index is 13.7. The molecule has 0 saturated heterocycles. The van der Waals surface area contributed by atoms with Gasteiger partial charge in [-0.3, -0.25) is 4.90 Å². The first kappa shape index (κ1) is 32.5. The highest BCUT2D eigenvalue weighted by molar-refractivity contribution is 7.92. The van der Waals surface area contributed by atoms with Crippen molar-refractivity contribution in [2.24, 2.45) is 0 Å². The van der Waals surface area contributed by atoms with E-state index >= 15 is 0 Å². The van der Waals surface area contributed by atoms with E-state index in [1.807, 2.05) is 29.3 Å². The van der Waals surface area contributed by atoms with Gasteiger partial charge in [-0.15, -0.1) is 0 Å². The highest BCUT2D eigenvalue weighted by Crippen LogP contribution is 2.55. The molecule has 7 bridgehead atoms. The monoisotopic (exact) mass is 699 g/mol. The molecule has 4 aromatic rings. The fraction of sp³-hybridized carbons (Fsp3) is 0.368. The van der Waals surface area contributed by atoms with Crippen LogP contribution in [0.1, 0.15) is 45.5 Å². The SMILES string of the molecule is COc1cc2c3cc1Oc1ccc(cc1)C[C@H]1c4cc(c(OC)cc4CCN1C)Oc1c(OC)c(OC)cc4c1[C@H](C3)N(CC4)N2S(C)(=O)=O. The molecule has 50 heavy (non-hydrogen) atoms. The van der Waals surface area contributed by atoms with Crippen molar-refractivity contribution in [3.05, 3.63) is 88.0 Å². The Balaban J connectivity index is 1.42. The first-order chi connectivity index (χ1) is 24.1. The quantitative estimate of drug-likeness (QED) is 0.239. The minimum Gasteiger partial charge on any atom is -0.493 e. The molecular formula is C38H41N3O8S. The molecule has 5 aliphatic heterocycles. The zero-order chi connectivity index (χ0) is 34.9. The summed E-state index contributed by atoms with van der Waals surface area (Å²) in [4.78, 5) is 2.38. The molecular weight excluding hydrogens is 658 g/mol. The number of fused-ring (bicyclic) bond motifs is 2. The van der Waals surface area contributed by atoms with Gasteiger partial charge in [-0.1, -0.05) is 12.1 Å². The maximum Gasteiger partial charge on any atom is 0.245 e. The van der Waals surface area contributed by atoms with E-state index < -0.39 is 16.1 Å². The average Bonchev–Trinajstić information content (AvgIpc) is 3.10. The largest absolute Gasteiger partial charge is 0.493 e. The van der Waals surface area contributed by atoms with Crippen LogP contribution in [0.15, 0.2) is 54.6 Å². The Kier molecular flexibility index (Phi) is 8.00. The molecule has 12 heteroatoms. The van der Waals surface area contributed by atoms with Crippen LogP contribution in [0.5, 0.6) is 46.0 Å². The van der Waals surface area contributed by atoms with Crippen molar-refractivity contribution < 1.29 is 36.8 Å². The molecule has 0 unspecified atom stereocenters. The molecule has 11 nitrogen and oxygen atoms in total. The van der Waals surface area contributed by atoms with Crippen LogP contribution in [0.3, 0.4) is 0 Å². The Morgan fingerprint density at radius 1 is 0.720 bits per heavy atom. The summed E-state index contributed by atoms with van der Waals surface area (Å²) in [5, 5.41) is 1.91. The van der Waals surface area contributed by atoms with Crippen molar-refractivity contribution in [2.75, 3.05) is 59.2 Å². The van der Waals surface area contributed by atoms with Crippen LogP contribution in [0.2, 0.25) is 0 Å². The molecule has 0 spiro atoms. The molecule has 0 amide bonds. The van der Waals surface area contributed by atoms with Crippen LogP contribution in [0, 0.1) is 0 Å². The van der Waals surface area contributed by atoms with Crippen LogP contribution >= 0.6 is 0 Å². The van der Waals surface area contributed by atoms with Gasteiger partial charge in [0.1, 0.15) is 5.75 Å². The Morgan fingerprint density at radius 3 is 2.10 bits per heavy atom. The van der Waals surface area contributed by atoms with Crippen LogP contribution < -0.4 is 32.8 Å². The smallest absolute Gasteiger partial charge is 0.245 e. The van der Waals surface area contributed by atoms with Gasteiger partial charge in [0.05, 0.1) is 46.4 Å². The zero-order valence-electron chi connectivity index (χ0n) is 29.1. The molecule has 0 aromatic heterocycles. The normalized spacial score (nSPS) is 19.6. The third-order valence-corrected chi connectivity index (χ3v) is 11.5. The van der Waals surface area contributed by atoms with E-state index in [2.05, 4.69) is 36.2 Å². The number of nitrogens with zero attached hydrogens (tertiary/aromatic N) is 3. The van der Waals surface area contributed by atoms with Gasteiger partial charge in [0.15, 0.2) is 34.5 Å². The van der Waals surface area contributed by atoms with Crippen molar-refractivity contribution in [3.8, 4) is 46.0 Å². The number of likely N-dealkylation sites (N-methyl/N-ethyl adjacent to an activating group) is 1. The zero-order valence-corrected chi connectivity index (χ0v) is 29.9. The van der Waals surface area contributed by atoms with Crippen molar-refractivity contribution in [1.29, 1.82) is 0 Å². The maximum atomic E-state index is 13.7. The van der Waals surface area contributed by atoms with E-state index in [4.69, 9.17) is 28.4 Å². The third kappa shape index (κ3) is 5.28. The van der Waals surface area contributed by atoms with Gasteiger partial charge < -0.3 is 28.4 Å². The lowest BCUT2D eigenvalue weighted by Crippen LogP contribution is -2.54. The van der Waals surface area contributed by atoms with Crippen molar-refractivity contribution >= 4 is 15.7 Å². The van der Waals surface area contributed by atoms with E-state index in [9.17, 15) is 8.42 Å². The van der Waals surface area contributed by atoms with E-state index in [0.717, 1.165) is 41.6 Å². The number of benzene rings is 4. The van der Waals surface area contributed by atoms with Crippen LogP contribution in [-0.4, -0.2) is 73.2 Å². The van der Waals surface area contributed by atoms with Gasteiger partial charge in [0, 0.05) is 30.8 Å². The second kappa shape index (κ2) is 12.3. The number of methoxy groups -OCH3 is 4. The molecule has 0 fully saturated rings. The predicted octanol–water partition coefficient (Wildman–Crippen LogP) is 6.23. The summed E-state index contributed by atoms with van der Waals surface area (Å²) < 4.78 is 65.9. The summed E-state index contributed by atoms with van der Waals surface area (Å²) in [5.74, 6) is 4.17. The fourth-order valence-electron chi connectivity index (χ4n) is 8.05. The Morgan fingerprint density at radius 2 is 1.40 bits per heavy atom. The highest BCUT2D eigenvalue weighted by Gasteiger charge is 2.44. The average molecular weight is 700 g/mol. The lowest BCUT2D eigenvalue weighted by molar-refractivity contribution is 0.178. The summed E-state index contributed by atoms with van der Waals surface area (Å²) in [7, 11) is 4.77. The Hall–Kier alpha value is -4.65. The third-order valence-electron chi connectivity index (χ3n) is 10.4. The first-order valence-corrected chi connectivity index (χ1v) is 18.6. The van der Waals surface area contributed by atoms with Gasteiger partial charge >= 0.3 is 0 Å². The molecule has 9 rings (SSSR count). The number of sulfonamides is 1. The van der Waals surface area contributed by atoms with Gasteiger partial charge in [-0.05, 0) is 96.9 Å². The van der Waals surface area contributed by atoms with Crippen molar-refractivity contribution in [1.82, 2.24) is 9.91 Å². The predicted molar refractivity (Wildman–Crippen MR) is 189 cm³/mol. The van der Waals surface area contributed by atoms with Crippen molar-refractivity contribution in [3.63, 3.8) is 0 Å². The molecule has 5 heterocycles. The molecule has 4 aromatic carbocycles. The molecule has 0 saturated carbocycles. The summed E-state index contributed by atoms with van der Waals surface area (Å²) in [6.07, 6.45) is 3.90. The Labute approximate surface area is 292 Å². The molecule has 5 aliphatic rings. The highest BCUT2D eigenvalue weighted by atomic mass is 32.2. The van der Waals surface area contributed by atoms with Gasteiger partial charge in [-0.2, -0.15) is 9.42 Å². The van der Waals surface area contributed by atoms with E-state index in [0.29, 0.717) is 71.1 Å². The number of hydrazine groups is 1. The number of anilines is 1. The second-order valence-corrected chi connectivity index (χ2v) is 15.1. The lowest BCUT2D eigenvalue weighted by Gasteiger charge is -2.48. The van der Waals surface area contributed by atoms with Gasteiger partial charge in [0.2, 0.25) is 15.8 Å². The van der Waals surface area contributed by atoms with Crippen LogP contribution in [0.25, 0.3) is 0 Å². The minimum absolute atomic E-state index is 0.0890. The lowest BCUT2D eigenvalue weighted by atomic mass is 9.86. The second-order valence-electron chi connectivity index (χ2n) is 13.3. The summed E-state index contributed by atoms with van der Waals surface area (Å²) >= 11 is 0. The molecule has 0 radical (unpaired) electrons. The topological polar surface area (TPSA) is 99.2 Å². The number of hydrogen-bond donors (Lipinski definition) is 0.